The zero-order valence-electron chi connectivity index (χ0n) is 7.50. The average Bonchev–Trinajstić information content (AvgIpc) is 1.81. The van der Waals surface area contributed by atoms with E-state index in [0.29, 0.717) is 0 Å². The smallest absolute Gasteiger partial charge is 1.00 e. The number of carboxylic acid groups (broad SMARTS) is 2. The molecule has 0 aliphatic rings. The normalized spacial score (nSPS) is 10.1. The second-order valence-corrected chi connectivity index (χ2v) is 1.69. The largest absolute Gasteiger partial charge is 1.00 e. The SMILES string of the molecule is CC=C(CC(=O)O)C(=O)O.[H-].[Na+]. The Morgan fingerprint density at radius 1 is 1.45 bits per heavy atom. The molecule has 0 saturated heterocycles. The molecule has 0 spiro atoms. The first-order valence-corrected chi connectivity index (χ1v) is 2.68. The van der Waals surface area contributed by atoms with Crippen molar-refractivity contribution in [1.82, 2.24) is 0 Å². The maximum atomic E-state index is 10.1. The van der Waals surface area contributed by atoms with Gasteiger partial charge in [-0.05, 0) is 6.92 Å². The van der Waals surface area contributed by atoms with Crippen LogP contribution in [0.3, 0.4) is 0 Å². The van der Waals surface area contributed by atoms with E-state index in [2.05, 4.69) is 0 Å². The number of carboxylic acids is 2. The molecule has 2 N–H and O–H groups in total. The molecule has 0 aliphatic heterocycles. The molecule has 0 amide bonds. The summed E-state index contributed by atoms with van der Waals surface area (Å²) in [5, 5.41) is 16.5. The van der Waals surface area contributed by atoms with Crippen molar-refractivity contribution in [3.8, 4) is 0 Å². The van der Waals surface area contributed by atoms with Crippen LogP contribution in [-0.4, -0.2) is 22.2 Å². The zero-order chi connectivity index (χ0) is 8.15. The molecule has 11 heavy (non-hydrogen) atoms. The van der Waals surface area contributed by atoms with Crippen LogP contribution in [0, 0.1) is 0 Å². The summed E-state index contributed by atoms with van der Waals surface area (Å²) in [6.45, 7) is 1.49. The average molecular weight is 168 g/mol. The van der Waals surface area contributed by atoms with Crippen molar-refractivity contribution in [1.29, 1.82) is 0 Å². The Labute approximate surface area is 87.7 Å². The molecule has 0 aromatic rings. The molecular formula is C6H9NaO4. The minimum atomic E-state index is -1.18. The van der Waals surface area contributed by atoms with Crippen molar-refractivity contribution in [2.45, 2.75) is 13.3 Å². The topological polar surface area (TPSA) is 74.6 Å². The third kappa shape index (κ3) is 6.09. The Morgan fingerprint density at radius 3 is 2.00 bits per heavy atom. The fraction of sp³-hybridized carbons (Fsp3) is 0.333. The third-order valence-corrected chi connectivity index (χ3v) is 0.965. The number of hydrogen-bond acceptors (Lipinski definition) is 2. The van der Waals surface area contributed by atoms with Gasteiger partial charge in [0.05, 0.1) is 6.42 Å². The molecule has 0 bridgehead atoms. The van der Waals surface area contributed by atoms with E-state index in [1.54, 1.807) is 0 Å². The molecule has 0 saturated carbocycles. The summed E-state index contributed by atoms with van der Waals surface area (Å²) in [5.74, 6) is -2.31. The number of hydrogen-bond donors (Lipinski definition) is 2. The zero-order valence-corrected chi connectivity index (χ0v) is 8.50. The summed E-state index contributed by atoms with van der Waals surface area (Å²) < 4.78 is 0. The molecule has 0 aromatic carbocycles. The second-order valence-electron chi connectivity index (χ2n) is 1.69. The predicted octanol–water partition coefficient (Wildman–Crippen LogP) is -2.39. The van der Waals surface area contributed by atoms with E-state index < -0.39 is 18.4 Å². The van der Waals surface area contributed by atoms with E-state index >= 15 is 0 Å². The summed E-state index contributed by atoms with van der Waals surface area (Å²) in [6.07, 6.45) is 0.849. The van der Waals surface area contributed by atoms with Gasteiger partial charge in [0.1, 0.15) is 0 Å². The fourth-order valence-corrected chi connectivity index (χ4v) is 0.464. The standard InChI is InChI=1S/C6H8O4.Na.H/c1-2-4(6(9)10)3-5(7)8;;/h2H,3H2,1H3,(H,7,8)(H,9,10);;/q;+1;-1. The van der Waals surface area contributed by atoms with Crippen molar-refractivity contribution in [3.63, 3.8) is 0 Å². The first-order valence-electron chi connectivity index (χ1n) is 2.68. The summed E-state index contributed by atoms with van der Waals surface area (Å²) in [7, 11) is 0. The van der Waals surface area contributed by atoms with Gasteiger partial charge < -0.3 is 11.6 Å². The van der Waals surface area contributed by atoms with Crippen molar-refractivity contribution in [2.75, 3.05) is 0 Å². The molecule has 0 radical (unpaired) electrons. The van der Waals surface area contributed by atoms with Gasteiger partial charge in [-0.1, -0.05) is 6.08 Å². The predicted molar refractivity (Wildman–Crippen MR) is 34.8 cm³/mol. The van der Waals surface area contributed by atoms with Gasteiger partial charge in [0.2, 0.25) is 0 Å². The van der Waals surface area contributed by atoms with Gasteiger partial charge in [0.25, 0.3) is 0 Å². The fourth-order valence-electron chi connectivity index (χ4n) is 0.464. The molecule has 0 rings (SSSR count). The Hall–Kier alpha value is -0.320. The first kappa shape index (κ1) is 13.3. The second kappa shape index (κ2) is 6.39. The monoisotopic (exact) mass is 168 g/mol. The molecule has 58 valence electrons. The number of carbonyl (C=O) groups is 2. The van der Waals surface area contributed by atoms with E-state index in [4.69, 9.17) is 10.2 Å². The van der Waals surface area contributed by atoms with Crippen molar-refractivity contribution in [3.05, 3.63) is 11.6 Å². The van der Waals surface area contributed by atoms with Gasteiger partial charge in [0.15, 0.2) is 0 Å². The molecule has 0 fully saturated rings. The molecule has 0 aromatic heterocycles. The van der Waals surface area contributed by atoms with Crippen LogP contribution in [0.1, 0.15) is 14.8 Å². The summed E-state index contributed by atoms with van der Waals surface area (Å²) in [4.78, 5) is 20.1. The number of allylic oxidation sites excluding steroid dienone is 1. The molecule has 4 nitrogen and oxygen atoms in total. The van der Waals surface area contributed by atoms with Gasteiger partial charge in [-0.15, -0.1) is 0 Å². The first-order chi connectivity index (χ1) is 4.57. The third-order valence-electron chi connectivity index (χ3n) is 0.965. The van der Waals surface area contributed by atoms with Crippen molar-refractivity contribution in [2.24, 2.45) is 0 Å². The number of aliphatic carboxylic acids is 2. The Balaban J connectivity index is -0.000000405. The van der Waals surface area contributed by atoms with E-state index in [1.807, 2.05) is 0 Å². The van der Waals surface area contributed by atoms with E-state index in [1.165, 1.54) is 13.0 Å². The summed E-state index contributed by atoms with van der Waals surface area (Å²) in [6, 6.07) is 0. The molecule has 5 heteroatoms. The summed E-state index contributed by atoms with van der Waals surface area (Å²) in [5.41, 5.74) is -0.0903. The molecule has 0 atom stereocenters. The van der Waals surface area contributed by atoms with E-state index in [-0.39, 0.29) is 36.6 Å². The minimum Gasteiger partial charge on any atom is -1.00 e. The van der Waals surface area contributed by atoms with Crippen LogP contribution in [0.25, 0.3) is 0 Å². The maximum Gasteiger partial charge on any atom is 1.00 e. The number of rotatable bonds is 3. The van der Waals surface area contributed by atoms with Gasteiger partial charge in [0, 0.05) is 5.57 Å². The van der Waals surface area contributed by atoms with Gasteiger partial charge >= 0.3 is 41.5 Å². The van der Waals surface area contributed by atoms with Gasteiger partial charge in [-0.25, -0.2) is 4.79 Å². The van der Waals surface area contributed by atoms with Crippen LogP contribution < -0.4 is 29.6 Å². The van der Waals surface area contributed by atoms with Crippen molar-refractivity contribution < 1.29 is 50.8 Å². The Kier molecular flexibility index (Phi) is 7.72. The van der Waals surface area contributed by atoms with E-state index in [9.17, 15) is 9.59 Å². The summed E-state index contributed by atoms with van der Waals surface area (Å²) >= 11 is 0. The van der Waals surface area contributed by atoms with E-state index in [0.717, 1.165) is 0 Å². The Morgan fingerprint density at radius 2 is 1.91 bits per heavy atom. The van der Waals surface area contributed by atoms with Crippen LogP contribution in [0.4, 0.5) is 0 Å². The molecule has 0 heterocycles. The Bertz CT molecular complexity index is 190. The molecular weight excluding hydrogens is 159 g/mol. The van der Waals surface area contributed by atoms with Crippen LogP contribution in [-0.2, 0) is 9.59 Å². The van der Waals surface area contributed by atoms with Crippen LogP contribution >= 0.6 is 0 Å². The van der Waals surface area contributed by atoms with Crippen LogP contribution in [0.15, 0.2) is 11.6 Å². The minimum absolute atomic E-state index is 0. The van der Waals surface area contributed by atoms with Gasteiger partial charge in [-0.2, -0.15) is 0 Å². The van der Waals surface area contributed by atoms with Crippen LogP contribution in [0.2, 0.25) is 0 Å². The quantitative estimate of drug-likeness (QED) is 0.364. The van der Waals surface area contributed by atoms with Crippen LogP contribution in [0.5, 0.6) is 0 Å². The molecule has 0 aliphatic carbocycles. The van der Waals surface area contributed by atoms with Crippen molar-refractivity contribution >= 4 is 11.9 Å². The molecule has 0 unspecified atom stereocenters. The van der Waals surface area contributed by atoms with Gasteiger partial charge in [-0.3, -0.25) is 4.79 Å². The maximum absolute atomic E-state index is 10.1.